The predicted octanol–water partition coefficient (Wildman–Crippen LogP) is 2.63. The van der Waals surface area contributed by atoms with Crippen LogP contribution < -0.4 is 19.5 Å². The van der Waals surface area contributed by atoms with E-state index in [0.29, 0.717) is 19.3 Å². The highest BCUT2D eigenvalue weighted by Crippen LogP contribution is 2.31. The maximum Gasteiger partial charge on any atom is 0.161 e. The summed E-state index contributed by atoms with van der Waals surface area (Å²) in [5.74, 6) is 2.55. The summed E-state index contributed by atoms with van der Waals surface area (Å²) < 4.78 is 22.1. The first kappa shape index (κ1) is 19.1. The SMILES string of the molecule is COc1ccc([C@H](CNCc2ccc3c(c2)OCCO3)N2CCOCC2)cc1. The van der Waals surface area contributed by atoms with Crippen LogP contribution in [0, 0.1) is 0 Å². The monoisotopic (exact) mass is 384 g/mol. The van der Waals surface area contributed by atoms with Gasteiger partial charge in [0, 0.05) is 32.2 Å². The summed E-state index contributed by atoms with van der Waals surface area (Å²) in [6, 6.07) is 14.8. The summed E-state index contributed by atoms with van der Waals surface area (Å²) in [6.07, 6.45) is 0. The van der Waals surface area contributed by atoms with Crippen molar-refractivity contribution >= 4 is 0 Å². The fourth-order valence-electron chi connectivity index (χ4n) is 3.72. The first-order valence-corrected chi connectivity index (χ1v) is 9.88. The maximum absolute atomic E-state index is 5.69. The largest absolute Gasteiger partial charge is 0.497 e. The lowest BCUT2D eigenvalue weighted by Gasteiger charge is -2.35. The Hall–Kier alpha value is -2.28. The number of hydrogen-bond acceptors (Lipinski definition) is 6. The fourth-order valence-corrected chi connectivity index (χ4v) is 3.72. The van der Waals surface area contributed by atoms with Crippen molar-refractivity contribution in [3.05, 3.63) is 53.6 Å². The summed E-state index contributed by atoms with van der Waals surface area (Å²) in [7, 11) is 1.70. The van der Waals surface area contributed by atoms with Crippen molar-refractivity contribution in [3.8, 4) is 17.2 Å². The third kappa shape index (κ3) is 4.58. The van der Waals surface area contributed by atoms with Crippen molar-refractivity contribution in [2.75, 3.05) is 53.2 Å². The Labute approximate surface area is 166 Å². The fraction of sp³-hybridized carbons (Fsp3) is 0.455. The molecule has 0 aromatic heterocycles. The standard InChI is InChI=1S/C22H28N2O4/c1-25-19-5-3-18(4-6-19)20(24-8-10-26-11-9-24)16-23-15-17-2-7-21-22(14-17)28-13-12-27-21/h2-7,14,20,23H,8-13,15-16H2,1H3/t20-/m0/s1. The number of morpholine rings is 1. The molecule has 28 heavy (non-hydrogen) atoms. The van der Waals surface area contributed by atoms with Crippen molar-refractivity contribution in [3.63, 3.8) is 0 Å². The third-order valence-electron chi connectivity index (χ3n) is 5.26. The highest BCUT2D eigenvalue weighted by molar-refractivity contribution is 5.43. The highest BCUT2D eigenvalue weighted by Gasteiger charge is 2.22. The smallest absolute Gasteiger partial charge is 0.161 e. The number of nitrogens with zero attached hydrogens (tertiary/aromatic N) is 1. The Morgan fingerprint density at radius 2 is 1.71 bits per heavy atom. The van der Waals surface area contributed by atoms with Crippen LogP contribution in [0.4, 0.5) is 0 Å². The van der Waals surface area contributed by atoms with Crippen LogP contribution >= 0.6 is 0 Å². The summed E-state index contributed by atoms with van der Waals surface area (Å²) in [5, 5.41) is 3.62. The molecule has 0 bridgehead atoms. The lowest BCUT2D eigenvalue weighted by Crippen LogP contribution is -2.42. The number of methoxy groups -OCH3 is 1. The molecule has 1 N–H and O–H groups in total. The molecule has 6 nitrogen and oxygen atoms in total. The van der Waals surface area contributed by atoms with E-state index < -0.39 is 0 Å². The molecule has 2 aromatic carbocycles. The zero-order valence-electron chi connectivity index (χ0n) is 16.4. The van der Waals surface area contributed by atoms with Crippen molar-refractivity contribution in [1.82, 2.24) is 10.2 Å². The van der Waals surface area contributed by atoms with Crippen molar-refractivity contribution in [1.29, 1.82) is 0 Å². The van der Waals surface area contributed by atoms with E-state index in [1.807, 2.05) is 18.2 Å². The normalized spacial score (nSPS) is 17.9. The minimum Gasteiger partial charge on any atom is -0.497 e. The topological polar surface area (TPSA) is 52.2 Å². The molecular formula is C22H28N2O4. The van der Waals surface area contributed by atoms with E-state index in [4.69, 9.17) is 18.9 Å². The Bertz CT molecular complexity index is 760. The molecule has 1 saturated heterocycles. The number of rotatable bonds is 7. The second-order valence-electron chi connectivity index (χ2n) is 7.05. The maximum atomic E-state index is 5.69. The predicted molar refractivity (Wildman–Crippen MR) is 107 cm³/mol. The molecule has 0 unspecified atom stereocenters. The molecule has 6 heteroatoms. The molecule has 2 aromatic rings. The minimum atomic E-state index is 0.298. The zero-order chi connectivity index (χ0) is 19.2. The molecule has 1 atom stereocenters. The van der Waals surface area contributed by atoms with E-state index in [1.54, 1.807) is 7.11 Å². The van der Waals surface area contributed by atoms with E-state index in [9.17, 15) is 0 Å². The molecule has 2 aliphatic rings. The second kappa shape index (κ2) is 9.28. The van der Waals surface area contributed by atoms with Gasteiger partial charge in [-0.05, 0) is 35.4 Å². The van der Waals surface area contributed by atoms with Crippen LogP contribution in [-0.4, -0.2) is 58.1 Å². The zero-order valence-corrected chi connectivity index (χ0v) is 16.4. The van der Waals surface area contributed by atoms with Crippen LogP contribution in [0.5, 0.6) is 17.2 Å². The lowest BCUT2D eigenvalue weighted by molar-refractivity contribution is 0.0161. The number of benzene rings is 2. The van der Waals surface area contributed by atoms with Crippen LogP contribution in [0.3, 0.4) is 0 Å². The van der Waals surface area contributed by atoms with Crippen molar-refractivity contribution in [2.24, 2.45) is 0 Å². The summed E-state index contributed by atoms with van der Waals surface area (Å²) in [6.45, 7) is 6.34. The molecule has 2 aliphatic heterocycles. The van der Waals surface area contributed by atoms with E-state index in [1.165, 1.54) is 11.1 Å². The first-order valence-electron chi connectivity index (χ1n) is 9.88. The molecule has 0 saturated carbocycles. The van der Waals surface area contributed by atoms with Gasteiger partial charge < -0.3 is 24.3 Å². The van der Waals surface area contributed by atoms with Crippen LogP contribution in [0.2, 0.25) is 0 Å². The number of nitrogens with one attached hydrogen (secondary N) is 1. The van der Waals surface area contributed by atoms with Gasteiger partial charge in [-0.3, -0.25) is 4.90 Å². The van der Waals surface area contributed by atoms with Crippen molar-refractivity contribution in [2.45, 2.75) is 12.6 Å². The Morgan fingerprint density at radius 3 is 2.46 bits per heavy atom. The summed E-state index contributed by atoms with van der Waals surface area (Å²) in [5.41, 5.74) is 2.48. The molecule has 150 valence electrons. The molecule has 0 amide bonds. The molecule has 0 aliphatic carbocycles. The average molecular weight is 384 g/mol. The van der Waals surface area contributed by atoms with Gasteiger partial charge in [-0.2, -0.15) is 0 Å². The molecule has 4 rings (SSSR count). The van der Waals surface area contributed by atoms with Crippen LogP contribution in [-0.2, 0) is 11.3 Å². The third-order valence-corrected chi connectivity index (χ3v) is 5.26. The first-order chi connectivity index (χ1) is 13.8. The molecular weight excluding hydrogens is 356 g/mol. The minimum absolute atomic E-state index is 0.298. The van der Waals surface area contributed by atoms with Crippen LogP contribution in [0.25, 0.3) is 0 Å². The van der Waals surface area contributed by atoms with Crippen LogP contribution in [0.15, 0.2) is 42.5 Å². The van der Waals surface area contributed by atoms with Gasteiger partial charge in [0.25, 0.3) is 0 Å². The van der Waals surface area contributed by atoms with Crippen molar-refractivity contribution < 1.29 is 18.9 Å². The van der Waals surface area contributed by atoms with Gasteiger partial charge in [-0.1, -0.05) is 18.2 Å². The number of hydrogen-bond donors (Lipinski definition) is 1. The molecule has 0 spiro atoms. The van der Waals surface area contributed by atoms with Gasteiger partial charge in [0.2, 0.25) is 0 Å². The average Bonchev–Trinajstić information content (AvgIpc) is 2.77. The highest BCUT2D eigenvalue weighted by atomic mass is 16.6. The van der Waals surface area contributed by atoms with E-state index in [-0.39, 0.29) is 0 Å². The number of ether oxygens (including phenoxy) is 4. The molecule has 2 heterocycles. The Kier molecular flexibility index (Phi) is 6.31. The molecule has 1 fully saturated rings. The van der Waals surface area contributed by atoms with E-state index in [2.05, 4.69) is 34.5 Å². The van der Waals surface area contributed by atoms with Gasteiger partial charge in [0.15, 0.2) is 11.5 Å². The van der Waals surface area contributed by atoms with E-state index >= 15 is 0 Å². The van der Waals surface area contributed by atoms with Gasteiger partial charge in [-0.15, -0.1) is 0 Å². The van der Waals surface area contributed by atoms with Gasteiger partial charge in [0.1, 0.15) is 19.0 Å². The number of fused-ring (bicyclic) bond motifs is 1. The van der Waals surface area contributed by atoms with E-state index in [0.717, 1.165) is 56.6 Å². The Morgan fingerprint density at radius 1 is 0.964 bits per heavy atom. The van der Waals surface area contributed by atoms with Gasteiger partial charge >= 0.3 is 0 Å². The Balaban J connectivity index is 1.41. The second-order valence-corrected chi connectivity index (χ2v) is 7.05. The van der Waals surface area contributed by atoms with Crippen LogP contribution in [0.1, 0.15) is 17.2 Å². The summed E-state index contributed by atoms with van der Waals surface area (Å²) in [4.78, 5) is 2.49. The quantitative estimate of drug-likeness (QED) is 0.792. The lowest BCUT2D eigenvalue weighted by atomic mass is 10.0. The summed E-state index contributed by atoms with van der Waals surface area (Å²) >= 11 is 0. The molecule has 0 radical (unpaired) electrons. The van der Waals surface area contributed by atoms with Gasteiger partial charge in [0.05, 0.1) is 20.3 Å². The van der Waals surface area contributed by atoms with Gasteiger partial charge in [-0.25, -0.2) is 0 Å².